The lowest BCUT2D eigenvalue weighted by atomic mass is 10.1. The fraction of sp³-hybridized carbons (Fsp3) is 0.417. The molecule has 0 saturated carbocycles. The number of amides is 2. The van der Waals surface area contributed by atoms with E-state index in [1.807, 2.05) is 70.2 Å². The molecule has 0 spiro atoms. The molecule has 2 aromatic carbocycles. The van der Waals surface area contributed by atoms with Crippen molar-refractivity contribution in [2.24, 2.45) is 0 Å². The number of sulfonamides is 1. The second-order valence-electron chi connectivity index (χ2n) is 8.00. The van der Waals surface area contributed by atoms with Crippen molar-refractivity contribution in [3.8, 4) is 0 Å². The van der Waals surface area contributed by atoms with E-state index in [4.69, 9.17) is 0 Å². The number of likely N-dealkylation sites (N-methyl/N-ethyl adjacent to an activating group) is 1. The van der Waals surface area contributed by atoms with E-state index >= 15 is 0 Å². The van der Waals surface area contributed by atoms with Crippen LogP contribution in [0.1, 0.15) is 35.6 Å². The Labute approximate surface area is 191 Å². The average Bonchev–Trinajstić information content (AvgIpc) is 2.72. The summed E-state index contributed by atoms with van der Waals surface area (Å²) < 4.78 is 26.6. The van der Waals surface area contributed by atoms with E-state index < -0.39 is 22.0 Å². The number of rotatable bonds is 9. The highest BCUT2D eigenvalue weighted by Gasteiger charge is 2.32. The summed E-state index contributed by atoms with van der Waals surface area (Å²) in [6.07, 6.45) is 1.49. The molecule has 0 saturated heterocycles. The second kappa shape index (κ2) is 10.6. The molecular formula is C24H33N3O4S. The van der Waals surface area contributed by atoms with Gasteiger partial charge in [0.1, 0.15) is 12.6 Å². The van der Waals surface area contributed by atoms with Crippen molar-refractivity contribution >= 4 is 27.5 Å². The minimum Gasteiger partial charge on any atom is -0.357 e. The minimum absolute atomic E-state index is 0.210. The van der Waals surface area contributed by atoms with E-state index in [9.17, 15) is 18.0 Å². The van der Waals surface area contributed by atoms with Crippen LogP contribution in [0.2, 0.25) is 0 Å². The van der Waals surface area contributed by atoms with Crippen molar-refractivity contribution < 1.29 is 18.0 Å². The lowest BCUT2D eigenvalue weighted by Gasteiger charge is -2.33. The van der Waals surface area contributed by atoms with Crippen LogP contribution in [0.25, 0.3) is 0 Å². The van der Waals surface area contributed by atoms with Gasteiger partial charge in [-0.25, -0.2) is 8.42 Å². The van der Waals surface area contributed by atoms with E-state index in [1.165, 1.54) is 11.9 Å². The Morgan fingerprint density at radius 2 is 1.53 bits per heavy atom. The summed E-state index contributed by atoms with van der Waals surface area (Å²) in [5.74, 6) is -0.718. The summed E-state index contributed by atoms with van der Waals surface area (Å²) in [5.41, 5.74) is 3.90. The largest absolute Gasteiger partial charge is 0.357 e. The van der Waals surface area contributed by atoms with Gasteiger partial charge in [0.05, 0.1) is 11.9 Å². The maximum atomic E-state index is 13.6. The van der Waals surface area contributed by atoms with Crippen LogP contribution in [0.15, 0.2) is 42.5 Å². The number of aryl methyl sites for hydroxylation is 3. The molecule has 0 aliphatic heterocycles. The van der Waals surface area contributed by atoms with Gasteiger partial charge < -0.3 is 10.2 Å². The molecule has 0 aromatic heterocycles. The van der Waals surface area contributed by atoms with Gasteiger partial charge in [-0.2, -0.15) is 0 Å². The van der Waals surface area contributed by atoms with Crippen molar-refractivity contribution in [3.05, 3.63) is 64.7 Å². The third-order valence-electron chi connectivity index (χ3n) is 5.60. The Hall–Kier alpha value is -2.87. The first-order chi connectivity index (χ1) is 15.0. The molecule has 7 nitrogen and oxygen atoms in total. The summed E-state index contributed by atoms with van der Waals surface area (Å²) in [6.45, 7) is 7.23. The van der Waals surface area contributed by atoms with Gasteiger partial charge in [0, 0.05) is 13.6 Å². The first-order valence-corrected chi connectivity index (χ1v) is 12.5. The molecule has 0 unspecified atom stereocenters. The standard InChI is InChI=1S/C24H33N3O4S/c1-7-21(24(29)25-5)26(15-20-14-9-8-11-17(20)2)22(28)16-27(32(6,30)31)23-18(3)12-10-13-19(23)4/h8-14,21H,7,15-16H2,1-6H3,(H,25,29)/t21-/m0/s1. The molecule has 0 aliphatic carbocycles. The molecule has 0 fully saturated rings. The molecule has 0 aliphatic rings. The fourth-order valence-electron chi connectivity index (χ4n) is 3.83. The smallest absolute Gasteiger partial charge is 0.244 e. The third kappa shape index (κ3) is 5.88. The van der Waals surface area contributed by atoms with E-state index in [-0.39, 0.29) is 19.0 Å². The summed E-state index contributed by atoms with van der Waals surface area (Å²) in [5, 5.41) is 2.62. The van der Waals surface area contributed by atoms with Crippen molar-refractivity contribution in [2.75, 3.05) is 24.2 Å². The molecule has 2 rings (SSSR count). The number of hydrogen-bond acceptors (Lipinski definition) is 4. The predicted octanol–water partition coefficient (Wildman–Crippen LogP) is 2.93. The molecule has 0 heterocycles. The Morgan fingerprint density at radius 3 is 2.03 bits per heavy atom. The zero-order valence-electron chi connectivity index (χ0n) is 19.7. The summed E-state index contributed by atoms with van der Waals surface area (Å²) in [6, 6.07) is 12.4. The third-order valence-corrected chi connectivity index (χ3v) is 6.71. The maximum Gasteiger partial charge on any atom is 0.244 e. The first kappa shape index (κ1) is 25.4. The minimum atomic E-state index is -3.75. The number of carbonyl (C=O) groups excluding carboxylic acids is 2. The highest BCUT2D eigenvalue weighted by atomic mass is 32.2. The van der Waals surface area contributed by atoms with E-state index in [1.54, 1.807) is 0 Å². The van der Waals surface area contributed by atoms with E-state index in [2.05, 4.69) is 5.32 Å². The molecule has 8 heteroatoms. The SMILES string of the molecule is CC[C@@H](C(=O)NC)N(Cc1ccccc1C)C(=O)CN(c1c(C)cccc1C)S(C)(=O)=O. The quantitative estimate of drug-likeness (QED) is 0.625. The average molecular weight is 460 g/mol. The number of anilines is 1. The van der Waals surface area contributed by atoms with Crippen molar-refractivity contribution in [1.29, 1.82) is 0 Å². The van der Waals surface area contributed by atoms with Crippen LogP contribution in [-0.4, -0.2) is 51.0 Å². The maximum absolute atomic E-state index is 13.6. The number of benzene rings is 2. The van der Waals surface area contributed by atoms with Gasteiger partial charge in [-0.3, -0.25) is 13.9 Å². The Balaban J connectivity index is 2.51. The molecule has 1 N–H and O–H groups in total. The van der Waals surface area contributed by atoms with Crippen molar-refractivity contribution in [1.82, 2.24) is 10.2 Å². The van der Waals surface area contributed by atoms with Gasteiger partial charge in [0.25, 0.3) is 0 Å². The number of carbonyl (C=O) groups is 2. The molecule has 2 amide bonds. The van der Waals surface area contributed by atoms with Crippen LogP contribution >= 0.6 is 0 Å². The Kier molecular flexibility index (Phi) is 8.44. The zero-order valence-corrected chi connectivity index (χ0v) is 20.5. The van der Waals surface area contributed by atoms with Crippen LogP contribution in [0.3, 0.4) is 0 Å². The van der Waals surface area contributed by atoms with Gasteiger partial charge in [-0.15, -0.1) is 0 Å². The number of hydrogen-bond donors (Lipinski definition) is 1. The number of para-hydroxylation sites is 1. The van der Waals surface area contributed by atoms with Crippen LogP contribution in [0.4, 0.5) is 5.69 Å². The van der Waals surface area contributed by atoms with E-state index in [0.717, 1.165) is 32.8 Å². The monoisotopic (exact) mass is 459 g/mol. The Bertz CT molecular complexity index is 1060. The Morgan fingerprint density at radius 1 is 0.969 bits per heavy atom. The van der Waals surface area contributed by atoms with Crippen LogP contribution < -0.4 is 9.62 Å². The zero-order chi connectivity index (χ0) is 24.1. The molecule has 32 heavy (non-hydrogen) atoms. The fourth-order valence-corrected chi connectivity index (χ4v) is 4.80. The van der Waals surface area contributed by atoms with Gasteiger partial charge in [-0.1, -0.05) is 49.4 Å². The van der Waals surface area contributed by atoms with Gasteiger partial charge in [-0.05, 0) is 49.4 Å². The summed E-state index contributed by atoms with van der Waals surface area (Å²) >= 11 is 0. The van der Waals surface area contributed by atoms with Crippen LogP contribution in [-0.2, 0) is 26.2 Å². The normalized spacial score (nSPS) is 12.2. The lowest BCUT2D eigenvalue weighted by Crippen LogP contribution is -2.51. The number of nitrogens with one attached hydrogen (secondary N) is 1. The highest BCUT2D eigenvalue weighted by Crippen LogP contribution is 2.27. The van der Waals surface area contributed by atoms with Gasteiger partial charge in [0.2, 0.25) is 21.8 Å². The molecule has 2 aromatic rings. The summed E-state index contributed by atoms with van der Waals surface area (Å²) in [7, 11) is -2.22. The lowest BCUT2D eigenvalue weighted by molar-refractivity contribution is -0.140. The molecule has 174 valence electrons. The van der Waals surface area contributed by atoms with E-state index in [0.29, 0.717) is 12.1 Å². The highest BCUT2D eigenvalue weighted by molar-refractivity contribution is 7.92. The molecular weight excluding hydrogens is 426 g/mol. The first-order valence-electron chi connectivity index (χ1n) is 10.6. The van der Waals surface area contributed by atoms with Crippen LogP contribution in [0, 0.1) is 20.8 Å². The van der Waals surface area contributed by atoms with Crippen molar-refractivity contribution in [2.45, 2.75) is 46.7 Å². The van der Waals surface area contributed by atoms with Crippen molar-refractivity contribution in [3.63, 3.8) is 0 Å². The van der Waals surface area contributed by atoms with Crippen LogP contribution in [0.5, 0.6) is 0 Å². The molecule has 0 bridgehead atoms. The van der Waals surface area contributed by atoms with Gasteiger partial charge in [0.15, 0.2) is 0 Å². The topological polar surface area (TPSA) is 86.8 Å². The number of nitrogens with zero attached hydrogens (tertiary/aromatic N) is 2. The summed E-state index contributed by atoms with van der Waals surface area (Å²) in [4.78, 5) is 27.6. The predicted molar refractivity (Wildman–Crippen MR) is 128 cm³/mol. The molecule has 1 atom stereocenters. The van der Waals surface area contributed by atoms with Gasteiger partial charge >= 0.3 is 0 Å². The molecule has 0 radical (unpaired) electrons. The second-order valence-corrected chi connectivity index (χ2v) is 9.90.